The second-order valence-electron chi connectivity index (χ2n) is 9.45. The molecule has 0 saturated carbocycles. The third-order valence-electron chi connectivity index (χ3n) is 5.92. The molecule has 8 nitrogen and oxygen atoms in total. The highest BCUT2D eigenvalue weighted by molar-refractivity contribution is 5.81. The average molecular weight is 409 g/mol. The van der Waals surface area contributed by atoms with Gasteiger partial charge in [-0.25, -0.2) is 4.79 Å². The molecule has 1 unspecified atom stereocenters. The third kappa shape index (κ3) is 6.07. The molecule has 29 heavy (non-hydrogen) atoms. The number of piperidine rings is 1. The van der Waals surface area contributed by atoms with Crippen molar-refractivity contribution >= 4 is 17.9 Å². The molecule has 0 aliphatic carbocycles. The monoisotopic (exact) mass is 408 g/mol. The first kappa shape index (κ1) is 21.9. The van der Waals surface area contributed by atoms with Gasteiger partial charge in [-0.15, -0.1) is 0 Å². The summed E-state index contributed by atoms with van der Waals surface area (Å²) in [6.07, 6.45) is 3.51. The van der Waals surface area contributed by atoms with Gasteiger partial charge in [0.25, 0.3) is 0 Å². The first-order chi connectivity index (χ1) is 13.7. The van der Waals surface area contributed by atoms with Crippen molar-refractivity contribution < 1.29 is 19.1 Å². The molecule has 3 rings (SSSR count). The van der Waals surface area contributed by atoms with Gasteiger partial charge in [0.15, 0.2) is 0 Å². The Morgan fingerprint density at radius 3 is 2.07 bits per heavy atom. The first-order valence-electron chi connectivity index (χ1n) is 11.0. The Morgan fingerprint density at radius 2 is 1.45 bits per heavy atom. The minimum atomic E-state index is -0.531. The molecule has 3 heterocycles. The van der Waals surface area contributed by atoms with Crippen LogP contribution in [0.1, 0.15) is 46.5 Å². The quantitative estimate of drug-likeness (QED) is 0.706. The highest BCUT2D eigenvalue weighted by Gasteiger charge is 2.34. The van der Waals surface area contributed by atoms with E-state index in [4.69, 9.17) is 4.74 Å². The summed E-state index contributed by atoms with van der Waals surface area (Å²) in [5.74, 6) is 0.181. The fourth-order valence-electron chi connectivity index (χ4n) is 4.31. The Morgan fingerprint density at radius 1 is 0.828 bits per heavy atom. The van der Waals surface area contributed by atoms with Crippen LogP contribution in [0.4, 0.5) is 4.79 Å². The molecule has 3 aliphatic heterocycles. The number of hydrogen-bond acceptors (Lipinski definition) is 5. The van der Waals surface area contributed by atoms with Gasteiger partial charge in [-0.3, -0.25) is 14.5 Å². The van der Waals surface area contributed by atoms with E-state index in [2.05, 4.69) is 4.90 Å². The molecule has 0 radical (unpaired) electrons. The molecule has 0 N–H and O–H groups in total. The van der Waals surface area contributed by atoms with Crippen LogP contribution in [-0.2, 0) is 14.3 Å². The van der Waals surface area contributed by atoms with Gasteiger partial charge in [0.2, 0.25) is 11.8 Å². The molecular weight excluding hydrogens is 372 g/mol. The molecule has 0 aromatic rings. The normalized spacial score (nSPS) is 24.0. The van der Waals surface area contributed by atoms with Crippen LogP contribution in [0.5, 0.6) is 0 Å². The number of carbonyl (C=O) groups excluding carboxylic acids is 3. The number of hydrogen-bond donors (Lipinski definition) is 0. The van der Waals surface area contributed by atoms with Gasteiger partial charge in [-0.05, 0) is 46.5 Å². The van der Waals surface area contributed by atoms with Crippen molar-refractivity contribution in [3.63, 3.8) is 0 Å². The zero-order valence-corrected chi connectivity index (χ0v) is 18.2. The fraction of sp³-hybridized carbons (Fsp3) is 0.857. The van der Waals surface area contributed by atoms with Crippen molar-refractivity contribution in [2.24, 2.45) is 5.92 Å². The van der Waals surface area contributed by atoms with Gasteiger partial charge in [0.1, 0.15) is 5.60 Å². The molecule has 0 spiro atoms. The van der Waals surface area contributed by atoms with Crippen LogP contribution in [0.2, 0.25) is 0 Å². The van der Waals surface area contributed by atoms with Gasteiger partial charge in [-0.2, -0.15) is 0 Å². The summed E-state index contributed by atoms with van der Waals surface area (Å²) in [5, 5.41) is 0. The van der Waals surface area contributed by atoms with Crippen molar-refractivity contribution in [2.45, 2.75) is 52.1 Å². The van der Waals surface area contributed by atoms with Crippen LogP contribution in [0, 0.1) is 5.92 Å². The lowest BCUT2D eigenvalue weighted by Crippen LogP contribution is -2.54. The van der Waals surface area contributed by atoms with Crippen molar-refractivity contribution in [1.29, 1.82) is 0 Å². The van der Waals surface area contributed by atoms with E-state index in [-0.39, 0.29) is 23.8 Å². The number of amides is 3. The van der Waals surface area contributed by atoms with Crippen LogP contribution < -0.4 is 0 Å². The summed E-state index contributed by atoms with van der Waals surface area (Å²) < 4.78 is 5.46. The van der Waals surface area contributed by atoms with Gasteiger partial charge in [0, 0.05) is 52.4 Å². The standard InChI is InChI=1S/C21H36N4O4/c1-21(2,3)29-20(28)25-10-6-7-17(15-25)19(27)24-13-11-22(12-14-24)16-18(26)23-8-4-5-9-23/h17H,4-16H2,1-3H3. The van der Waals surface area contributed by atoms with Gasteiger partial charge in [0.05, 0.1) is 12.5 Å². The smallest absolute Gasteiger partial charge is 0.410 e. The Balaban J connectivity index is 1.45. The number of nitrogens with zero attached hydrogens (tertiary/aromatic N) is 4. The van der Waals surface area contributed by atoms with Crippen molar-refractivity contribution in [1.82, 2.24) is 19.6 Å². The summed E-state index contributed by atoms with van der Waals surface area (Å²) in [6, 6.07) is 0. The number of ether oxygens (including phenoxy) is 1. The zero-order valence-electron chi connectivity index (χ0n) is 18.2. The lowest BCUT2D eigenvalue weighted by Gasteiger charge is -2.39. The summed E-state index contributed by atoms with van der Waals surface area (Å²) in [6.45, 7) is 11.6. The lowest BCUT2D eigenvalue weighted by atomic mass is 9.96. The molecular formula is C21H36N4O4. The minimum Gasteiger partial charge on any atom is -0.444 e. The van der Waals surface area contributed by atoms with Gasteiger partial charge >= 0.3 is 6.09 Å². The lowest BCUT2D eigenvalue weighted by molar-refractivity contribution is -0.139. The van der Waals surface area contributed by atoms with Gasteiger partial charge < -0.3 is 19.4 Å². The third-order valence-corrected chi connectivity index (χ3v) is 5.92. The van der Waals surface area contributed by atoms with E-state index in [9.17, 15) is 14.4 Å². The van der Waals surface area contributed by atoms with Crippen molar-refractivity contribution in [3.8, 4) is 0 Å². The van der Waals surface area contributed by atoms with E-state index in [1.54, 1.807) is 4.90 Å². The van der Waals surface area contributed by atoms with Gasteiger partial charge in [-0.1, -0.05) is 0 Å². The Hall–Kier alpha value is -1.83. The van der Waals surface area contributed by atoms with E-state index < -0.39 is 5.60 Å². The van der Waals surface area contributed by atoms with E-state index in [0.29, 0.717) is 32.7 Å². The van der Waals surface area contributed by atoms with Crippen LogP contribution >= 0.6 is 0 Å². The maximum absolute atomic E-state index is 13.0. The molecule has 0 aromatic carbocycles. The predicted octanol–water partition coefficient (Wildman–Crippen LogP) is 1.40. The van der Waals surface area contributed by atoms with E-state index >= 15 is 0 Å². The predicted molar refractivity (Wildman–Crippen MR) is 109 cm³/mol. The fourth-order valence-corrected chi connectivity index (χ4v) is 4.31. The molecule has 8 heteroatoms. The summed E-state index contributed by atoms with van der Waals surface area (Å²) in [5.41, 5.74) is -0.531. The van der Waals surface area contributed by atoms with Crippen molar-refractivity contribution in [3.05, 3.63) is 0 Å². The summed E-state index contributed by atoms with van der Waals surface area (Å²) in [4.78, 5) is 45.3. The highest BCUT2D eigenvalue weighted by Crippen LogP contribution is 2.22. The Kier molecular flexibility index (Phi) is 7.03. The van der Waals surface area contributed by atoms with E-state index in [1.807, 2.05) is 30.6 Å². The number of carbonyl (C=O) groups is 3. The van der Waals surface area contributed by atoms with Crippen LogP contribution in [0.3, 0.4) is 0 Å². The highest BCUT2D eigenvalue weighted by atomic mass is 16.6. The Labute approximate surface area is 174 Å². The molecule has 3 amide bonds. The molecule has 3 aliphatic rings. The van der Waals surface area contributed by atoms with Crippen LogP contribution in [0.25, 0.3) is 0 Å². The number of rotatable bonds is 3. The number of piperazine rings is 1. The molecule has 0 aromatic heterocycles. The van der Waals surface area contributed by atoms with Crippen molar-refractivity contribution in [2.75, 3.05) is 58.9 Å². The second-order valence-corrected chi connectivity index (χ2v) is 9.45. The maximum Gasteiger partial charge on any atom is 0.410 e. The Bertz CT molecular complexity index is 604. The topological polar surface area (TPSA) is 73.4 Å². The van der Waals surface area contributed by atoms with Crippen LogP contribution in [0.15, 0.2) is 0 Å². The molecule has 164 valence electrons. The van der Waals surface area contributed by atoms with E-state index in [1.165, 1.54) is 0 Å². The van der Waals surface area contributed by atoms with Crippen LogP contribution in [-0.4, -0.2) is 102 Å². The zero-order chi connectivity index (χ0) is 21.0. The number of likely N-dealkylation sites (tertiary alicyclic amines) is 2. The molecule has 3 saturated heterocycles. The minimum absolute atomic E-state index is 0.128. The second kappa shape index (κ2) is 9.32. The first-order valence-corrected chi connectivity index (χ1v) is 11.0. The SMILES string of the molecule is CC(C)(C)OC(=O)N1CCCC(C(=O)N2CCN(CC(=O)N3CCCC3)CC2)C1. The summed E-state index contributed by atoms with van der Waals surface area (Å²) in [7, 11) is 0. The van der Waals surface area contributed by atoms with E-state index in [0.717, 1.165) is 51.9 Å². The summed E-state index contributed by atoms with van der Waals surface area (Å²) >= 11 is 0. The average Bonchev–Trinajstić information content (AvgIpc) is 3.22. The molecule has 1 atom stereocenters. The maximum atomic E-state index is 13.0. The molecule has 3 fully saturated rings. The largest absolute Gasteiger partial charge is 0.444 e. The molecule has 0 bridgehead atoms.